The zero-order valence-corrected chi connectivity index (χ0v) is 14.7. The molecule has 0 aromatic rings. The van der Waals surface area contributed by atoms with Gasteiger partial charge in [0.1, 0.15) is 0 Å². The molecule has 112 valence electrons. The first-order valence-corrected chi connectivity index (χ1v) is 9.82. The van der Waals surface area contributed by atoms with Gasteiger partial charge in [0.2, 0.25) is 0 Å². The van der Waals surface area contributed by atoms with Crippen LogP contribution >= 0.6 is 0 Å². The van der Waals surface area contributed by atoms with Crippen molar-refractivity contribution in [1.82, 2.24) is 4.90 Å². The standard InChI is InChI=1S/C14H29NO3Si/c1-13(2,3)19(7,8)18-11(12(16)17-6)14(9-10-14)15(4)5/h11H,9-10H2,1-8H3. The fourth-order valence-corrected chi connectivity index (χ4v) is 3.29. The van der Waals surface area contributed by atoms with Gasteiger partial charge in [0.05, 0.1) is 12.6 Å². The monoisotopic (exact) mass is 287 g/mol. The molecule has 0 aromatic heterocycles. The molecule has 1 unspecified atom stereocenters. The minimum atomic E-state index is -1.99. The third kappa shape index (κ3) is 3.20. The maximum atomic E-state index is 12.2. The maximum absolute atomic E-state index is 12.2. The van der Waals surface area contributed by atoms with Crippen molar-refractivity contribution in [3.63, 3.8) is 0 Å². The molecule has 0 spiro atoms. The van der Waals surface area contributed by atoms with Crippen LogP contribution in [0.1, 0.15) is 33.6 Å². The van der Waals surface area contributed by atoms with E-state index in [2.05, 4.69) is 38.8 Å². The van der Waals surface area contributed by atoms with E-state index in [1.165, 1.54) is 7.11 Å². The Balaban J connectivity index is 2.99. The number of hydrogen-bond donors (Lipinski definition) is 0. The number of ether oxygens (including phenoxy) is 1. The van der Waals surface area contributed by atoms with Crippen LogP contribution in [0.4, 0.5) is 0 Å². The van der Waals surface area contributed by atoms with Crippen LogP contribution in [-0.4, -0.2) is 52.0 Å². The van der Waals surface area contributed by atoms with E-state index >= 15 is 0 Å². The van der Waals surface area contributed by atoms with Crippen LogP contribution in [0, 0.1) is 0 Å². The zero-order chi connectivity index (χ0) is 15.1. The number of carbonyl (C=O) groups excluding carboxylic acids is 1. The molecule has 1 aliphatic carbocycles. The van der Waals surface area contributed by atoms with E-state index in [-0.39, 0.29) is 16.5 Å². The van der Waals surface area contributed by atoms with Gasteiger partial charge in [-0.25, -0.2) is 4.79 Å². The molecule has 5 heteroatoms. The molecule has 0 amide bonds. The van der Waals surface area contributed by atoms with Gasteiger partial charge in [0, 0.05) is 0 Å². The maximum Gasteiger partial charge on any atom is 0.335 e. The Bertz CT molecular complexity index is 343. The van der Waals surface area contributed by atoms with E-state index in [0.717, 1.165) is 12.8 Å². The summed E-state index contributed by atoms with van der Waals surface area (Å²) in [4.78, 5) is 14.3. The lowest BCUT2D eigenvalue weighted by atomic mass is 10.1. The van der Waals surface area contributed by atoms with Gasteiger partial charge in [0.15, 0.2) is 14.4 Å². The second-order valence-electron chi connectivity index (χ2n) is 7.28. The zero-order valence-electron chi connectivity index (χ0n) is 13.7. The number of nitrogens with zero attached hydrogens (tertiary/aromatic N) is 1. The Hall–Kier alpha value is -0.393. The van der Waals surface area contributed by atoms with Crippen molar-refractivity contribution in [3.05, 3.63) is 0 Å². The van der Waals surface area contributed by atoms with Crippen molar-refractivity contribution in [2.75, 3.05) is 21.2 Å². The highest BCUT2D eigenvalue weighted by molar-refractivity contribution is 6.74. The van der Waals surface area contributed by atoms with E-state index in [0.29, 0.717) is 0 Å². The van der Waals surface area contributed by atoms with Crippen LogP contribution in [0.3, 0.4) is 0 Å². The van der Waals surface area contributed by atoms with Crippen LogP contribution in [0.2, 0.25) is 18.1 Å². The van der Waals surface area contributed by atoms with E-state index in [9.17, 15) is 4.79 Å². The minimum Gasteiger partial charge on any atom is -0.467 e. The highest BCUT2D eigenvalue weighted by Crippen LogP contribution is 2.48. The number of carbonyl (C=O) groups is 1. The highest BCUT2D eigenvalue weighted by Gasteiger charge is 2.58. The summed E-state index contributed by atoms with van der Waals surface area (Å²) in [6.45, 7) is 10.9. The van der Waals surface area contributed by atoms with Crippen molar-refractivity contribution < 1.29 is 14.0 Å². The second kappa shape index (κ2) is 5.18. The summed E-state index contributed by atoms with van der Waals surface area (Å²) in [6, 6.07) is 0. The largest absolute Gasteiger partial charge is 0.467 e. The van der Waals surface area contributed by atoms with E-state index < -0.39 is 14.4 Å². The summed E-state index contributed by atoms with van der Waals surface area (Å²) in [5.74, 6) is -0.240. The van der Waals surface area contributed by atoms with Crippen LogP contribution in [0.25, 0.3) is 0 Å². The fourth-order valence-electron chi connectivity index (χ4n) is 2.03. The van der Waals surface area contributed by atoms with Crippen molar-refractivity contribution in [3.8, 4) is 0 Å². The molecule has 4 nitrogen and oxygen atoms in total. The molecule has 0 saturated heterocycles. The quantitative estimate of drug-likeness (QED) is 0.575. The van der Waals surface area contributed by atoms with Gasteiger partial charge < -0.3 is 14.1 Å². The number of likely N-dealkylation sites (N-methyl/N-ethyl adjacent to an activating group) is 1. The Morgan fingerprint density at radius 3 is 2.00 bits per heavy atom. The number of rotatable bonds is 5. The Kier molecular flexibility index (Phi) is 4.55. The van der Waals surface area contributed by atoms with Crippen molar-refractivity contribution >= 4 is 14.3 Å². The Labute approximate surface area is 118 Å². The summed E-state index contributed by atoms with van der Waals surface area (Å²) in [5.41, 5.74) is -0.164. The van der Waals surface area contributed by atoms with Crippen molar-refractivity contribution in [1.29, 1.82) is 0 Å². The average molecular weight is 287 g/mol. The van der Waals surface area contributed by atoms with E-state index in [1.807, 2.05) is 14.1 Å². The third-order valence-corrected chi connectivity index (χ3v) is 9.21. The third-order valence-electron chi connectivity index (χ3n) is 4.77. The van der Waals surface area contributed by atoms with Gasteiger partial charge >= 0.3 is 5.97 Å². The Morgan fingerprint density at radius 2 is 1.74 bits per heavy atom. The van der Waals surface area contributed by atoms with Crippen molar-refractivity contribution in [2.24, 2.45) is 0 Å². The van der Waals surface area contributed by atoms with Crippen LogP contribution < -0.4 is 0 Å². The topological polar surface area (TPSA) is 38.8 Å². The summed E-state index contributed by atoms with van der Waals surface area (Å²) in [5, 5.41) is 0.0850. The normalized spacial score (nSPS) is 20.3. The average Bonchev–Trinajstić information content (AvgIpc) is 3.04. The van der Waals surface area contributed by atoms with Crippen LogP contribution in [0.5, 0.6) is 0 Å². The van der Waals surface area contributed by atoms with Gasteiger partial charge in [-0.2, -0.15) is 0 Å². The first-order chi connectivity index (χ1) is 8.48. The first-order valence-electron chi connectivity index (χ1n) is 6.91. The molecular weight excluding hydrogens is 258 g/mol. The molecule has 1 aliphatic rings. The minimum absolute atomic E-state index is 0.0850. The SMILES string of the molecule is COC(=O)C(O[Si](C)(C)C(C)(C)C)C1(N(C)C)CC1. The summed E-state index contributed by atoms with van der Waals surface area (Å²) >= 11 is 0. The molecule has 1 atom stereocenters. The molecular formula is C14H29NO3Si. The molecule has 0 aliphatic heterocycles. The summed E-state index contributed by atoms with van der Waals surface area (Å²) in [6.07, 6.45) is 1.52. The molecule has 1 rings (SSSR count). The smallest absolute Gasteiger partial charge is 0.335 e. The number of methoxy groups -OCH3 is 1. The van der Waals surface area contributed by atoms with Gasteiger partial charge in [-0.15, -0.1) is 0 Å². The molecule has 0 N–H and O–H groups in total. The van der Waals surface area contributed by atoms with E-state index in [1.54, 1.807) is 0 Å². The van der Waals surface area contributed by atoms with E-state index in [4.69, 9.17) is 9.16 Å². The molecule has 1 fully saturated rings. The van der Waals surface area contributed by atoms with Gasteiger partial charge in [-0.1, -0.05) is 20.8 Å². The molecule has 19 heavy (non-hydrogen) atoms. The Morgan fingerprint density at radius 1 is 1.26 bits per heavy atom. The lowest BCUT2D eigenvalue weighted by molar-refractivity contribution is -0.153. The lowest BCUT2D eigenvalue weighted by Gasteiger charge is -2.42. The number of hydrogen-bond acceptors (Lipinski definition) is 4. The summed E-state index contributed by atoms with van der Waals surface area (Å²) in [7, 11) is 3.47. The highest BCUT2D eigenvalue weighted by atomic mass is 28.4. The molecule has 0 bridgehead atoms. The fraction of sp³-hybridized carbons (Fsp3) is 0.929. The molecule has 0 aromatic carbocycles. The molecule has 1 saturated carbocycles. The predicted molar refractivity (Wildman–Crippen MR) is 79.7 cm³/mol. The van der Waals surface area contributed by atoms with Gasteiger partial charge in [-0.3, -0.25) is 0 Å². The molecule has 0 radical (unpaired) electrons. The van der Waals surface area contributed by atoms with Gasteiger partial charge in [-0.05, 0) is 45.1 Å². The lowest BCUT2D eigenvalue weighted by Crippen LogP contribution is -2.55. The first kappa shape index (κ1) is 16.7. The van der Waals surface area contributed by atoms with Crippen LogP contribution in [0.15, 0.2) is 0 Å². The second-order valence-corrected chi connectivity index (χ2v) is 12.0. The van der Waals surface area contributed by atoms with Gasteiger partial charge in [0.25, 0.3) is 0 Å². The number of esters is 1. The van der Waals surface area contributed by atoms with Crippen molar-refractivity contribution in [2.45, 2.75) is 63.4 Å². The van der Waals surface area contributed by atoms with Crippen LogP contribution in [-0.2, 0) is 14.0 Å². The molecule has 0 heterocycles. The summed E-state index contributed by atoms with van der Waals surface area (Å²) < 4.78 is 11.3. The predicted octanol–water partition coefficient (Wildman–Crippen LogP) is 2.64.